The average Bonchev–Trinajstić information content (AvgIpc) is 3.75. The van der Waals surface area contributed by atoms with Crippen molar-refractivity contribution in [3.63, 3.8) is 0 Å². The zero-order chi connectivity index (χ0) is 36.6. The van der Waals surface area contributed by atoms with Gasteiger partial charge in [-0.1, -0.05) is 72.1 Å². The molecule has 0 saturated heterocycles. The predicted octanol–water partition coefficient (Wildman–Crippen LogP) is 10.2. The summed E-state index contributed by atoms with van der Waals surface area (Å²) in [6.07, 6.45) is 2.60. The maximum atomic E-state index is 6.87. The summed E-state index contributed by atoms with van der Waals surface area (Å²) in [6.45, 7) is 17.6. The molecule has 54 heavy (non-hydrogen) atoms. The number of pyridine rings is 2. The molecule has 10 rings (SSSR count). The Labute approximate surface area is 330 Å². The van der Waals surface area contributed by atoms with E-state index in [1.165, 1.54) is 38.8 Å². The summed E-state index contributed by atoms with van der Waals surface area (Å²) in [5.74, 6) is 1.32. The van der Waals surface area contributed by atoms with Crippen LogP contribution in [0.2, 0.25) is 0 Å². The number of aromatic nitrogens is 4. The largest absolute Gasteiger partial charge is 2.00 e. The van der Waals surface area contributed by atoms with Crippen LogP contribution in [0.3, 0.4) is 0 Å². The van der Waals surface area contributed by atoms with Crippen molar-refractivity contribution >= 4 is 49.6 Å². The maximum Gasteiger partial charge on any atom is 2.00 e. The molecule has 0 radical (unpaired) electrons. The van der Waals surface area contributed by atoms with Crippen LogP contribution in [0.15, 0.2) is 90.1 Å². The quantitative estimate of drug-likeness (QED) is 0.166. The Morgan fingerprint density at radius 3 is 2.22 bits per heavy atom. The molecule has 0 amide bonds. The molecule has 1 aliphatic carbocycles. The fraction of sp³-hybridized carbons (Fsp3) is 0.255. The number of ether oxygens (including phenoxy) is 1. The van der Waals surface area contributed by atoms with Gasteiger partial charge in [-0.25, -0.2) is 4.98 Å². The molecule has 0 fully saturated rings. The molecule has 1 aliphatic heterocycles. The molecule has 270 valence electrons. The summed E-state index contributed by atoms with van der Waals surface area (Å²) in [7, 11) is 0. The van der Waals surface area contributed by atoms with Gasteiger partial charge >= 0.3 is 21.1 Å². The van der Waals surface area contributed by atoms with Gasteiger partial charge in [0.2, 0.25) is 0 Å². The Hall–Kier alpha value is -5.06. The first-order valence-corrected chi connectivity index (χ1v) is 18.5. The van der Waals surface area contributed by atoms with Crippen LogP contribution in [-0.4, -0.2) is 36.6 Å². The van der Waals surface area contributed by atoms with E-state index in [0.29, 0.717) is 11.7 Å². The molecule has 7 heteroatoms. The molecular formula is C47H41N5OPt. The van der Waals surface area contributed by atoms with Crippen molar-refractivity contribution in [2.75, 3.05) is 0 Å². The van der Waals surface area contributed by atoms with Gasteiger partial charge in [0.15, 0.2) is 0 Å². The molecule has 0 bridgehead atoms. The minimum absolute atomic E-state index is 0. The molecule has 2 atom stereocenters. The first kappa shape index (κ1) is 34.7. The number of aryl methyl sites for hydroxylation is 5. The number of aliphatic imine (C=N–C) groups is 1. The molecule has 0 N–H and O–H groups in total. The van der Waals surface area contributed by atoms with E-state index < -0.39 is 5.54 Å². The van der Waals surface area contributed by atoms with E-state index in [4.69, 9.17) is 19.7 Å². The number of hydrogen-bond acceptors (Lipinski definition) is 4. The third-order valence-electron chi connectivity index (χ3n) is 12.1. The summed E-state index contributed by atoms with van der Waals surface area (Å²) in [4.78, 5) is 15.4. The van der Waals surface area contributed by atoms with Crippen molar-refractivity contribution in [3.05, 3.63) is 142 Å². The maximum absolute atomic E-state index is 6.87. The van der Waals surface area contributed by atoms with E-state index in [-0.39, 0.29) is 32.6 Å². The van der Waals surface area contributed by atoms with Crippen molar-refractivity contribution in [1.29, 1.82) is 0 Å². The second kappa shape index (κ2) is 12.0. The molecule has 0 spiro atoms. The fourth-order valence-corrected chi connectivity index (χ4v) is 9.44. The van der Waals surface area contributed by atoms with Crippen LogP contribution < -0.4 is 0 Å². The normalized spacial score (nSPS) is 18.8. The number of hydrogen-bond donors (Lipinski definition) is 0. The van der Waals surface area contributed by atoms with Gasteiger partial charge in [-0.3, -0.25) is 4.98 Å². The molecule has 0 unspecified atom stereocenters. The van der Waals surface area contributed by atoms with E-state index in [1.807, 2.05) is 19.2 Å². The molecule has 4 aromatic heterocycles. The Balaban J connectivity index is 0.00000384. The monoisotopic (exact) mass is 886 g/mol. The van der Waals surface area contributed by atoms with Gasteiger partial charge in [-0.2, -0.15) is 6.07 Å². The van der Waals surface area contributed by atoms with Gasteiger partial charge in [-0.15, -0.1) is 35.2 Å². The van der Waals surface area contributed by atoms with Crippen molar-refractivity contribution in [1.82, 2.24) is 19.1 Å². The standard InChI is InChI=1S/C47H41N5O.Pt/c1-26-12-16-39-36(20-26)34-14-13-33(51-38-15-11-27(2)21-37(38)35-10-9-17-48-44(35)51)25-40(34)52(39)42-24-32(22-30(5)49-42)45-50-47(8)41(53-45)23-31-19-28(3)18-29(4)43(31)46(47,6)7;/h9-22,41H,23H2,1-8H3;/q-2;+2/t41-,47-;/m0./s1. The smallest absolute Gasteiger partial charge is 0.528 e. The minimum Gasteiger partial charge on any atom is -0.528 e. The number of rotatable bonds is 3. The summed E-state index contributed by atoms with van der Waals surface area (Å²) in [6, 6.07) is 36.0. The van der Waals surface area contributed by atoms with Gasteiger partial charge in [-0.05, 0) is 99.6 Å². The van der Waals surface area contributed by atoms with Gasteiger partial charge in [0, 0.05) is 34.3 Å². The van der Waals surface area contributed by atoms with Gasteiger partial charge in [0.05, 0.1) is 16.9 Å². The van der Waals surface area contributed by atoms with Crippen molar-refractivity contribution in [2.45, 2.75) is 78.9 Å². The van der Waals surface area contributed by atoms with E-state index in [2.05, 4.69) is 143 Å². The predicted molar refractivity (Wildman–Crippen MR) is 215 cm³/mol. The van der Waals surface area contributed by atoms with Crippen molar-refractivity contribution < 1.29 is 25.8 Å². The van der Waals surface area contributed by atoms with Gasteiger partial charge < -0.3 is 18.9 Å². The van der Waals surface area contributed by atoms with Gasteiger partial charge in [0.25, 0.3) is 0 Å². The molecule has 5 heterocycles. The number of benzene rings is 4. The van der Waals surface area contributed by atoms with Crippen LogP contribution in [0, 0.1) is 46.8 Å². The van der Waals surface area contributed by atoms with E-state index in [9.17, 15) is 0 Å². The van der Waals surface area contributed by atoms with Crippen molar-refractivity contribution in [2.24, 2.45) is 4.99 Å². The number of fused-ring (bicyclic) bond motifs is 8. The summed E-state index contributed by atoms with van der Waals surface area (Å²) in [5.41, 5.74) is 13.7. The second-order valence-electron chi connectivity index (χ2n) is 16.1. The van der Waals surface area contributed by atoms with Crippen LogP contribution in [0.5, 0.6) is 0 Å². The second-order valence-corrected chi connectivity index (χ2v) is 16.1. The van der Waals surface area contributed by atoms with E-state index in [1.54, 1.807) is 0 Å². The molecule has 8 aromatic rings. The number of nitrogens with zero attached hydrogens (tertiary/aromatic N) is 5. The Bertz CT molecular complexity index is 2910. The average molecular weight is 887 g/mol. The third-order valence-corrected chi connectivity index (χ3v) is 12.1. The summed E-state index contributed by atoms with van der Waals surface area (Å²) >= 11 is 0. The SMILES string of the molecule is Cc1cc(C)c2c(c1)C[C@@H]1OC(c3[c-]c(-n4c5[c-]c(-n6c7ccc(C)cc7c7cccnc76)ccc5c5cc(C)ccc54)nc(C)c3)=N[C@]1(C)C2(C)C.[Pt+2]. The van der Waals surface area contributed by atoms with Crippen LogP contribution >= 0.6 is 0 Å². The molecular weight excluding hydrogens is 846 g/mol. The first-order valence-electron chi connectivity index (χ1n) is 18.5. The minimum atomic E-state index is -0.442. The Kier molecular flexibility index (Phi) is 7.69. The Morgan fingerprint density at radius 2 is 1.46 bits per heavy atom. The zero-order valence-electron chi connectivity index (χ0n) is 31.8. The van der Waals surface area contributed by atoms with Crippen molar-refractivity contribution in [3.8, 4) is 11.5 Å². The molecule has 6 nitrogen and oxygen atoms in total. The fourth-order valence-electron chi connectivity index (χ4n) is 9.44. The molecule has 2 aliphatic rings. The Morgan fingerprint density at radius 1 is 0.741 bits per heavy atom. The summed E-state index contributed by atoms with van der Waals surface area (Å²) < 4.78 is 11.3. The summed E-state index contributed by atoms with van der Waals surface area (Å²) in [5, 5.41) is 4.56. The zero-order valence-corrected chi connectivity index (χ0v) is 34.1. The molecule has 0 saturated carbocycles. The van der Waals surface area contributed by atoms with Gasteiger partial charge in [0.1, 0.15) is 17.6 Å². The first-order chi connectivity index (χ1) is 25.4. The third kappa shape index (κ3) is 4.85. The topological polar surface area (TPSA) is 57.2 Å². The van der Waals surface area contributed by atoms with E-state index in [0.717, 1.165) is 61.7 Å². The molecule has 4 aromatic carbocycles. The van der Waals surface area contributed by atoms with Crippen LogP contribution in [-0.2, 0) is 37.6 Å². The van der Waals surface area contributed by atoms with E-state index >= 15 is 0 Å². The van der Waals surface area contributed by atoms with Crippen LogP contribution in [0.4, 0.5) is 0 Å². The van der Waals surface area contributed by atoms with Crippen LogP contribution in [0.1, 0.15) is 65.4 Å². The van der Waals surface area contributed by atoms with Crippen LogP contribution in [0.25, 0.3) is 55.2 Å².